The molecule has 5 nitrogen and oxygen atoms in total. The van der Waals surface area contributed by atoms with Gasteiger partial charge < -0.3 is 15.4 Å². The summed E-state index contributed by atoms with van der Waals surface area (Å²) in [5.41, 5.74) is 3.34. The predicted molar refractivity (Wildman–Crippen MR) is 117 cm³/mol. The van der Waals surface area contributed by atoms with Crippen LogP contribution in [-0.4, -0.2) is 31.5 Å². The number of ether oxygens (including phenoxy) is 1. The van der Waals surface area contributed by atoms with Crippen molar-refractivity contribution in [2.45, 2.75) is 12.8 Å². The Morgan fingerprint density at radius 2 is 1.33 bits per heavy atom. The fourth-order valence-electron chi connectivity index (χ4n) is 3.03. The van der Waals surface area contributed by atoms with E-state index in [1.165, 1.54) is 5.56 Å². The lowest BCUT2D eigenvalue weighted by Gasteiger charge is -2.12. The highest BCUT2D eigenvalue weighted by Gasteiger charge is 2.09. The molecule has 2 amide bonds. The van der Waals surface area contributed by atoms with E-state index in [1.807, 2.05) is 72.8 Å². The van der Waals surface area contributed by atoms with E-state index in [0.29, 0.717) is 12.3 Å². The van der Waals surface area contributed by atoms with Crippen molar-refractivity contribution < 1.29 is 14.3 Å². The lowest BCUT2D eigenvalue weighted by molar-refractivity contribution is -0.127. The monoisotopic (exact) mass is 402 g/mol. The highest BCUT2D eigenvalue weighted by molar-refractivity contribution is 5.85. The van der Waals surface area contributed by atoms with Gasteiger partial charge >= 0.3 is 0 Å². The van der Waals surface area contributed by atoms with Crippen LogP contribution >= 0.6 is 0 Å². The molecule has 3 rings (SSSR count). The number of rotatable bonds is 10. The highest BCUT2D eigenvalue weighted by Crippen LogP contribution is 2.21. The second-order valence-electron chi connectivity index (χ2n) is 6.92. The molecule has 0 atom stereocenters. The third kappa shape index (κ3) is 7.09. The van der Waals surface area contributed by atoms with Crippen LogP contribution in [0.2, 0.25) is 0 Å². The Balaban J connectivity index is 1.39. The minimum atomic E-state index is -0.331. The van der Waals surface area contributed by atoms with Crippen LogP contribution in [0.3, 0.4) is 0 Å². The van der Waals surface area contributed by atoms with Gasteiger partial charge in [0.15, 0.2) is 6.61 Å². The third-order valence-corrected chi connectivity index (χ3v) is 4.59. The van der Waals surface area contributed by atoms with Crippen molar-refractivity contribution in [3.8, 4) is 5.75 Å². The minimum absolute atomic E-state index is 0.0668. The van der Waals surface area contributed by atoms with E-state index in [1.54, 1.807) is 0 Å². The smallest absolute Gasteiger partial charge is 0.258 e. The zero-order valence-corrected chi connectivity index (χ0v) is 16.8. The molecule has 0 spiro atoms. The van der Waals surface area contributed by atoms with Gasteiger partial charge in [-0.15, -0.1) is 0 Å². The Kier molecular flexibility index (Phi) is 8.03. The third-order valence-electron chi connectivity index (χ3n) is 4.59. The molecular weight excluding hydrogens is 376 g/mol. The van der Waals surface area contributed by atoms with Gasteiger partial charge in [-0.1, -0.05) is 78.9 Å². The molecule has 154 valence electrons. The Morgan fingerprint density at radius 1 is 0.700 bits per heavy atom. The van der Waals surface area contributed by atoms with Gasteiger partial charge in [-0.3, -0.25) is 9.59 Å². The maximum atomic E-state index is 12.1. The molecule has 0 radical (unpaired) electrons. The van der Waals surface area contributed by atoms with E-state index in [0.717, 1.165) is 24.0 Å². The Bertz CT molecular complexity index is 943. The standard InChI is InChI=1S/C25H26N2O3/c28-24(26-16-15-20-9-3-1-4-10-20)18-27-25(29)19-30-23-14-8-7-13-22(23)17-21-11-5-2-6-12-21/h1-14H,15-19H2,(H,26,28)(H,27,29). The molecule has 0 heterocycles. The molecule has 0 fully saturated rings. The van der Waals surface area contributed by atoms with Crippen LogP contribution in [0.25, 0.3) is 0 Å². The summed E-state index contributed by atoms with van der Waals surface area (Å²) in [7, 11) is 0. The number of carbonyl (C=O) groups is 2. The van der Waals surface area contributed by atoms with Gasteiger partial charge in [0.1, 0.15) is 5.75 Å². The van der Waals surface area contributed by atoms with Crippen LogP contribution in [0, 0.1) is 0 Å². The van der Waals surface area contributed by atoms with E-state index < -0.39 is 0 Å². The molecule has 30 heavy (non-hydrogen) atoms. The lowest BCUT2D eigenvalue weighted by atomic mass is 10.0. The Hall–Kier alpha value is -3.60. The summed E-state index contributed by atoms with van der Waals surface area (Å²) in [5, 5.41) is 5.40. The average Bonchev–Trinajstić information content (AvgIpc) is 2.78. The summed E-state index contributed by atoms with van der Waals surface area (Å²) < 4.78 is 5.70. The molecule has 0 saturated carbocycles. The molecule has 0 aliphatic heterocycles. The number of hydrogen-bond donors (Lipinski definition) is 2. The summed E-state index contributed by atoms with van der Waals surface area (Å²) in [6, 6.07) is 27.7. The number of nitrogens with one attached hydrogen (secondary N) is 2. The number of benzene rings is 3. The van der Waals surface area contributed by atoms with Crippen LogP contribution in [-0.2, 0) is 22.4 Å². The van der Waals surface area contributed by atoms with Gasteiger partial charge in [-0.05, 0) is 29.2 Å². The molecule has 2 N–H and O–H groups in total. The summed E-state index contributed by atoms with van der Waals surface area (Å²) in [6.45, 7) is 0.327. The number of amides is 2. The van der Waals surface area contributed by atoms with E-state index >= 15 is 0 Å². The molecule has 0 unspecified atom stereocenters. The quantitative estimate of drug-likeness (QED) is 0.548. The lowest BCUT2D eigenvalue weighted by Crippen LogP contribution is -2.39. The van der Waals surface area contributed by atoms with Crippen LogP contribution in [0.1, 0.15) is 16.7 Å². The highest BCUT2D eigenvalue weighted by atomic mass is 16.5. The number of carbonyl (C=O) groups excluding carboxylic acids is 2. The van der Waals surface area contributed by atoms with Crippen LogP contribution in [0.4, 0.5) is 0 Å². The van der Waals surface area contributed by atoms with Gasteiger partial charge in [0.25, 0.3) is 5.91 Å². The first-order chi connectivity index (χ1) is 14.7. The Labute approximate surface area is 177 Å². The molecule has 5 heteroatoms. The first kappa shape index (κ1) is 21.1. The largest absolute Gasteiger partial charge is 0.483 e. The molecule has 0 aliphatic rings. The van der Waals surface area contributed by atoms with Gasteiger partial charge in [0.2, 0.25) is 5.91 Å². The summed E-state index contributed by atoms with van der Waals surface area (Å²) in [5.74, 6) is 0.121. The van der Waals surface area contributed by atoms with E-state index in [-0.39, 0.29) is 25.0 Å². The molecular formula is C25H26N2O3. The zero-order valence-electron chi connectivity index (χ0n) is 16.8. The van der Waals surface area contributed by atoms with E-state index in [9.17, 15) is 9.59 Å². The van der Waals surface area contributed by atoms with Crippen molar-refractivity contribution in [3.05, 3.63) is 102 Å². The fraction of sp³-hybridized carbons (Fsp3) is 0.200. The van der Waals surface area contributed by atoms with Crippen molar-refractivity contribution in [1.29, 1.82) is 0 Å². The molecule has 0 aliphatic carbocycles. The van der Waals surface area contributed by atoms with Gasteiger partial charge in [0.05, 0.1) is 6.54 Å². The molecule has 3 aromatic rings. The Morgan fingerprint density at radius 3 is 2.07 bits per heavy atom. The second-order valence-corrected chi connectivity index (χ2v) is 6.92. The molecule has 3 aromatic carbocycles. The van der Waals surface area contributed by atoms with Crippen LogP contribution in [0.15, 0.2) is 84.9 Å². The van der Waals surface area contributed by atoms with Crippen LogP contribution < -0.4 is 15.4 Å². The van der Waals surface area contributed by atoms with Crippen LogP contribution in [0.5, 0.6) is 5.75 Å². The van der Waals surface area contributed by atoms with Crippen molar-refractivity contribution >= 4 is 11.8 Å². The van der Waals surface area contributed by atoms with E-state index in [4.69, 9.17) is 4.74 Å². The maximum absolute atomic E-state index is 12.1. The normalized spacial score (nSPS) is 10.3. The number of para-hydroxylation sites is 1. The van der Waals surface area contributed by atoms with Gasteiger partial charge in [0, 0.05) is 13.0 Å². The van der Waals surface area contributed by atoms with Crippen molar-refractivity contribution in [1.82, 2.24) is 10.6 Å². The topological polar surface area (TPSA) is 67.4 Å². The zero-order chi connectivity index (χ0) is 21.0. The summed E-state index contributed by atoms with van der Waals surface area (Å²) in [4.78, 5) is 24.0. The SMILES string of the molecule is O=C(CNC(=O)COc1ccccc1Cc1ccccc1)NCCc1ccccc1. The molecule has 0 saturated heterocycles. The minimum Gasteiger partial charge on any atom is -0.483 e. The van der Waals surface area contributed by atoms with Crippen molar-refractivity contribution in [2.75, 3.05) is 19.7 Å². The van der Waals surface area contributed by atoms with Gasteiger partial charge in [-0.2, -0.15) is 0 Å². The predicted octanol–water partition coefficient (Wildman–Crippen LogP) is 3.13. The first-order valence-electron chi connectivity index (χ1n) is 10.0. The summed E-state index contributed by atoms with van der Waals surface area (Å²) >= 11 is 0. The molecule has 0 aromatic heterocycles. The average molecular weight is 402 g/mol. The van der Waals surface area contributed by atoms with E-state index in [2.05, 4.69) is 22.8 Å². The fourth-order valence-corrected chi connectivity index (χ4v) is 3.03. The van der Waals surface area contributed by atoms with Gasteiger partial charge in [-0.25, -0.2) is 0 Å². The number of hydrogen-bond acceptors (Lipinski definition) is 3. The second kappa shape index (κ2) is 11.4. The summed E-state index contributed by atoms with van der Waals surface area (Å²) in [6.07, 6.45) is 1.48. The maximum Gasteiger partial charge on any atom is 0.258 e. The van der Waals surface area contributed by atoms with Crippen molar-refractivity contribution in [3.63, 3.8) is 0 Å². The van der Waals surface area contributed by atoms with Crippen molar-refractivity contribution in [2.24, 2.45) is 0 Å². The molecule has 0 bridgehead atoms. The first-order valence-corrected chi connectivity index (χ1v) is 10.0.